The molecule has 0 fully saturated rings. The summed E-state index contributed by atoms with van der Waals surface area (Å²) in [6, 6.07) is 12.3. The maximum absolute atomic E-state index is 13.2. The summed E-state index contributed by atoms with van der Waals surface area (Å²) < 4.78 is 13.2. The highest BCUT2D eigenvalue weighted by atomic mass is 19.1. The second-order valence-corrected chi connectivity index (χ2v) is 4.67. The first kappa shape index (κ1) is 14.3. The van der Waals surface area contributed by atoms with E-state index in [1.807, 2.05) is 24.3 Å². The fourth-order valence-electron chi connectivity index (χ4n) is 1.98. The molecule has 0 aliphatic carbocycles. The number of aliphatic hydroxyl groups excluding tert-OH is 1. The van der Waals surface area contributed by atoms with E-state index in [9.17, 15) is 4.39 Å². The van der Waals surface area contributed by atoms with Crippen LogP contribution in [-0.2, 0) is 13.0 Å². The molecule has 0 radical (unpaired) electrons. The molecule has 0 unspecified atom stereocenters. The first-order valence-electron chi connectivity index (χ1n) is 6.60. The summed E-state index contributed by atoms with van der Waals surface area (Å²) in [7, 11) is 0. The zero-order valence-corrected chi connectivity index (χ0v) is 11.1. The van der Waals surface area contributed by atoms with E-state index in [1.54, 1.807) is 6.07 Å². The molecule has 0 aliphatic rings. The van der Waals surface area contributed by atoms with Gasteiger partial charge in [0.1, 0.15) is 0 Å². The van der Waals surface area contributed by atoms with E-state index in [4.69, 9.17) is 10.2 Å². The van der Waals surface area contributed by atoms with E-state index in [-0.39, 0.29) is 12.4 Å². The number of nitrogens with one attached hydrogen (secondary N) is 1. The van der Waals surface area contributed by atoms with Crippen LogP contribution in [-0.4, -0.2) is 16.8 Å². The molecule has 0 aromatic heterocycles. The first-order chi connectivity index (χ1) is 9.69. The minimum atomic E-state index is -0.610. The van der Waals surface area contributed by atoms with Crippen LogP contribution in [0.25, 0.3) is 0 Å². The second kappa shape index (κ2) is 6.91. The lowest BCUT2D eigenvalue weighted by Crippen LogP contribution is -2.00. The molecule has 0 bridgehead atoms. The molecule has 0 aliphatic heterocycles. The Hall–Kier alpha value is -2.07. The maximum atomic E-state index is 13.2. The van der Waals surface area contributed by atoms with E-state index in [0.29, 0.717) is 6.54 Å². The lowest BCUT2D eigenvalue weighted by atomic mass is 10.1. The summed E-state index contributed by atoms with van der Waals surface area (Å²) in [6.07, 6.45) is 1.58. The highest BCUT2D eigenvalue weighted by Crippen LogP contribution is 2.18. The highest BCUT2D eigenvalue weighted by Gasteiger charge is 2.02. The van der Waals surface area contributed by atoms with Crippen molar-refractivity contribution in [2.24, 2.45) is 0 Å². The Bertz CT molecular complexity index is 572. The molecule has 0 atom stereocenters. The molecule has 2 aromatic carbocycles. The predicted molar refractivity (Wildman–Crippen MR) is 77.2 cm³/mol. The van der Waals surface area contributed by atoms with Crippen molar-refractivity contribution < 1.29 is 14.6 Å². The van der Waals surface area contributed by atoms with E-state index >= 15 is 0 Å². The number of phenols is 1. The Balaban J connectivity index is 1.97. The van der Waals surface area contributed by atoms with Crippen LogP contribution in [0, 0.1) is 5.82 Å². The maximum Gasteiger partial charge on any atom is 0.165 e. The van der Waals surface area contributed by atoms with Gasteiger partial charge in [0.05, 0.1) is 0 Å². The number of anilines is 1. The molecule has 3 nitrogen and oxygen atoms in total. The van der Waals surface area contributed by atoms with E-state index in [0.717, 1.165) is 29.7 Å². The fraction of sp³-hybridized carbons (Fsp3) is 0.250. The summed E-state index contributed by atoms with van der Waals surface area (Å²) in [4.78, 5) is 0. The van der Waals surface area contributed by atoms with Crippen molar-refractivity contribution in [2.45, 2.75) is 19.4 Å². The van der Waals surface area contributed by atoms with Gasteiger partial charge in [0.15, 0.2) is 11.6 Å². The Labute approximate surface area is 117 Å². The van der Waals surface area contributed by atoms with E-state index < -0.39 is 5.82 Å². The topological polar surface area (TPSA) is 52.5 Å². The predicted octanol–water partition coefficient (Wildman–Crippen LogP) is 3.07. The van der Waals surface area contributed by atoms with Gasteiger partial charge in [0.2, 0.25) is 0 Å². The number of hydrogen-bond acceptors (Lipinski definition) is 3. The van der Waals surface area contributed by atoms with E-state index in [1.165, 1.54) is 12.1 Å². The van der Waals surface area contributed by atoms with Crippen molar-refractivity contribution in [1.29, 1.82) is 0 Å². The minimum absolute atomic E-state index is 0.185. The summed E-state index contributed by atoms with van der Waals surface area (Å²) in [5.74, 6) is -0.944. The van der Waals surface area contributed by atoms with Crippen molar-refractivity contribution in [3.05, 3.63) is 59.4 Å². The normalized spacial score (nSPS) is 10.5. The van der Waals surface area contributed by atoms with Crippen LogP contribution in [0.1, 0.15) is 17.5 Å². The van der Waals surface area contributed by atoms with Gasteiger partial charge in [-0.3, -0.25) is 0 Å². The third-order valence-electron chi connectivity index (χ3n) is 3.06. The minimum Gasteiger partial charge on any atom is -0.505 e. The molecule has 0 spiro atoms. The van der Waals surface area contributed by atoms with Crippen molar-refractivity contribution in [2.75, 3.05) is 11.9 Å². The van der Waals surface area contributed by atoms with Crippen LogP contribution in [0.5, 0.6) is 5.75 Å². The van der Waals surface area contributed by atoms with Crippen molar-refractivity contribution in [1.82, 2.24) is 0 Å². The van der Waals surface area contributed by atoms with Gasteiger partial charge in [-0.25, -0.2) is 4.39 Å². The zero-order chi connectivity index (χ0) is 14.4. The first-order valence-corrected chi connectivity index (χ1v) is 6.60. The third-order valence-corrected chi connectivity index (χ3v) is 3.06. The molecular weight excluding hydrogens is 257 g/mol. The van der Waals surface area contributed by atoms with Crippen LogP contribution >= 0.6 is 0 Å². The van der Waals surface area contributed by atoms with Crippen molar-refractivity contribution >= 4 is 5.69 Å². The Morgan fingerprint density at radius 1 is 1.05 bits per heavy atom. The van der Waals surface area contributed by atoms with Gasteiger partial charge >= 0.3 is 0 Å². The molecule has 0 amide bonds. The summed E-state index contributed by atoms with van der Waals surface area (Å²) in [5.41, 5.74) is 2.87. The van der Waals surface area contributed by atoms with Gasteiger partial charge in [-0.1, -0.05) is 18.2 Å². The van der Waals surface area contributed by atoms with Crippen LogP contribution in [0.15, 0.2) is 42.5 Å². The number of aliphatic hydroxyl groups is 1. The number of benzene rings is 2. The number of halogens is 1. The number of aryl methyl sites for hydroxylation is 1. The fourth-order valence-corrected chi connectivity index (χ4v) is 1.98. The molecule has 106 valence electrons. The van der Waals surface area contributed by atoms with Gasteiger partial charge in [-0.2, -0.15) is 0 Å². The Kier molecular flexibility index (Phi) is 4.96. The largest absolute Gasteiger partial charge is 0.505 e. The van der Waals surface area contributed by atoms with Gasteiger partial charge in [-0.15, -0.1) is 0 Å². The molecule has 0 heterocycles. The molecule has 4 heteroatoms. The SMILES string of the molecule is OCCCc1cccc(NCc2ccc(O)c(F)c2)c1. The standard InChI is InChI=1S/C16H18FNO2/c17-15-10-13(6-7-16(15)20)11-18-14-5-1-3-12(9-14)4-2-8-19/h1,3,5-7,9-10,18-20H,2,4,8,11H2. The van der Waals surface area contributed by atoms with Crippen molar-refractivity contribution in [3.8, 4) is 5.75 Å². The third kappa shape index (κ3) is 3.96. The lowest BCUT2D eigenvalue weighted by Gasteiger charge is -2.09. The zero-order valence-electron chi connectivity index (χ0n) is 11.1. The number of rotatable bonds is 6. The van der Waals surface area contributed by atoms with Gasteiger partial charge in [0, 0.05) is 18.8 Å². The summed E-state index contributed by atoms with van der Waals surface area (Å²) in [5, 5.41) is 21.2. The van der Waals surface area contributed by atoms with Crippen LogP contribution in [0.3, 0.4) is 0 Å². The number of phenolic OH excluding ortho intramolecular Hbond substituents is 1. The van der Waals surface area contributed by atoms with Crippen LogP contribution in [0.2, 0.25) is 0 Å². The van der Waals surface area contributed by atoms with Gasteiger partial charge < -0.3 is 15.5 Å². The number of aromatic hydroxyl groups is 1. The van der Waals surface area contributed by atoms with Gasteiger partial charge in [0.25, 0.3) is 0 Å². The highest BCUT2D eigenvalue weighted by molar-refractivity contribution is 5.46. The molecule has 3 N–H and O–H groups in total. The van der Waals surface area contributed by atoms with Crippen molar-refractivity contribution in [3.63, 3.8) is 0 Å². The Morgan fingerprint density at radius 2 is 1.90 bits per heavy atom. The monoisotopic (exact) mass is 275 g/mol. The number of hydrogen-bond donors (Lipinski definition) is 3. The van der Waals surface area contributed by atoms with E-state index in [2.05, 4.69) is 5.32 Å². The average Bonchev–Trinajstić information content (AvgIpc) is 2.47. The smallest absolute Gasteiger partial charge is 0.165 e. The molecule has 20 heavy (non-hydrogen) atoms. The summed E-state index contributed by atoms with van der Waals surface area (Å²) >= 11 is 0. The summed E-state index contributed by atoms with van der Waals surface area (Å²) in [6.45, 7) is 0.672. The average molecular weight is 275 g/mol. The molecule has 2 aromatic rings. The molecular formula is C16H18FNO2. The second-order valence-electron chi connectivity index (χ2n) is 4.67. The van der Waals surface area contributed by atoms with Crippen LogP contribution < -0.4 is 5.32 Å². The lowest BCUT2D eigenvalue weighted by molar-refractivity contribution is 0.288. The molecule has 0 saturated carbocycles. The molecule has 0 saturated heterocycles. The quantitative estimate of drug-likeness (QED) is 0.759. The molecule has 2 rings (SSSR count). The van der Waals surface area contributed by atoms with Crippen LogP contribution in [0.4, 0.5) is 10.1 Å². The Morgan fingerprint density at radius 3 is 2.65 bits per heavy atom. The van der Waals surface area contributed by atoms with Gasteiger partial charge in [-0.05, 0) is 48.2 Å².